The van der Waals surface area contributed by atoms with Crippen molar-refractivity contribution in [3.8, 4) is 17.2 Å². The molecule has 6 heteroatoms. The van der Waals surface area contributed by atoms with Crippen molar-refractivity contribution >= 4 is 12.1 Å². The lowest BCUT2D eigenvalue weighted by atomic mass is 10.1. The number of hydrazone groups is 1. The van der Waals surface area contributed by atoms with Gasteiger partial charge in [0.2, 0.25) is 5.91 Å². The molecule has 2 aromatic rings. The van der Waals surface area contributed by atoms with Crippen LogP contribution in [0.2, 0.25) is 0 Å². The highest BCUT2D eigenvalue weighted by Crippen LogP contribution is 2.30. The van der Waals surface area contributed by atoms with Crippen molar-refractivity contribution in [1.29, 1.82) is 0 Å². The second-order valence-corrected chi connectivity index (χ2v) is 6.05. The van der Waals surface area contributed by atoms with E-state index in [1.165, 1.54) is 18.7 Å². The van der Waals surface area contributed by atoms with Crippen molar-refractivity contribution in [3.05, 3.63) is 53.1 Å². The van der Waals surface area contributed by atoms with Gasteiger partial charge in [0.25, 0.3) is 0 Å². The number of nitrogens with zero attached hydrogens (tertiary/aromatic N) is 1. The lowest BCUT2D eigenvalue weighted by Crippen LogP contribution is -2.12. The molecule has 0 bridgehead atoms. The molecule has 144 valence electrons. The van der Waals surface area contributed by atoms with Gasteiger partial charge in [-0.3, -0.25) is 4.79 Å². The SMILES string of the molecule is COc1cccc(C=NNC(C)=O)c1OCCCOc1cccc(C)c1C. The topological polar surface area (TPSA) is 69.2 Å². The number of hydrogen-bond donors (Lipinski definition) is 1. The molecule has 0 atom stereocenters. The Bertz CT molecular complexity index is 803. The molecule has 0 saturated carbocycles. The van der Waals surface area contributed by atoms with E-state index in [1.807, 2.05) is 30.3 Å². The van der Waals surface area contributed by atoms with Crippen molar-refractivity contribution in [1.82, 2.24) is 5.43 Å². The normalized spacial score (nSPS) is 10.7. The number of hydrogen-bond acceptors (Lipinski definition) is 5. The first-order valence-corrected chi connectivity index (χ1v) is 8.81. The van der Waals surface area contributed by atoms with Gasteiger partial charge in [-0.15, -0.1) is 0 Å². The number of methoxy groups -OCH3 is 1. The quantitative estimate of drug-likeness (QED) is 0.416. The summed E-state index contributed by atoms with van der Waals surface area (Å²) in [7, 11) is 1.58. The van der Waals surface area contributed by atoms with E-state index >= 15 is 0 Å². The Morgan fingerprint density at radius 2 is 1.78 bits per heavy atom. The summed E-state index contributed by atoms with van der Waals surface area (Å²) in [6.07, 6.45) is 2.25. The largest absolute Gasteiger partial charge is 0.493 e. The van der Waals surface area contributed by atoms with Crippen LogP contribution < -0.4 is 19.6 Å². The van der Waals surface area contributed by atoms with Crippen molar-refractivity contribution in [2.45, 2.75) is 27.2 Å². The molecule has 27 heavy (non-hydrogen) atoms. The van der Waals surface area contributed by atoms with Crippen LogP contribution in [-0.4, -0.2) is 32.4 Å². The van der Waals surface area contributed by atoms with Crippen LogP contribution in [0.1, 0.15) is 30.0 Å². The number of aryl methyl sites for hydroxylation is 1. The fraction of sp³-hybridized carbons (Fsp3) is 0.333. The number of benzene rings is 2. The monoisotopic (exact) mass is 370 g/mol. The maximum atomic E-state index is 11.0. The molecule has 0 saturated heterocycles. The first kappa shape index (κ1) is 20.3. The molecule has 0 aliphatic heterocycles. The van der Waals surface area contributed by atoms with E-state index in [1.54, 1.807) is 7.11 Å². The summed E-state index contributed by atoms with van der Waals surface area (Å²) in [5.41, 5.74) is 5.46. The van der Waals surface area contributed by atoms with E-state index < -0.39 is 0 Å². The molecule has 2 rings (SSSR count). The van der Waals surface area contributed by atoms with E-state index in [-0.39, 0.29) is 5.91 Å². The van der Waals surface area contributed by atoms with Crippen molar-refractivity contribution in [2.24, 2.45) is 5.10 Å². The van der Waals surface area contributed by atoms with Gasteiger partial charge in [0, 0.05) is 18.9 Å². The second kappa shape index (κ2) is 10.2. The van der Waals surface area contributed by atoms with Gasteiger partial charge in [0.1, 0.15) is 5.75 Å². The van der Waals surface area contributed by atoms with Crippen LogP contribution in [0.3, 0.4) is 0 Å². The van der Waals surface area contributed by atoms with E-state index in [0.717, 1.165) is 16.9 Å². The number of rotatable bonds is 9. The maximum absolute atomic E-state index is 11.0. The summed E-state index contributed by atoms with van der Waals surface area (Å²) in [5, 5.41) is 3.89. The Balaban J connectivity index is 1.93. The standard InChI is InChI=1S/C21H26N2O4/c1-15-8-5-10-19(16(15)2)26-12-7-13-27-21-18(14-22-23-17(3)24)9-6-11-20(21)25-4/h5-6,8-11,14H,7,12-13H2,1-4H3,(H,23,24). The zero-order valence-electron chi connectivity index (χ0n) is 16.2. The Kier molecular flexibility index (Phi) is 7.67. The van der Waals surface area contributed by atoms with Crippen LogP contribution in [0, 0.1) is 13.8 Å². The Morgan fingerprint density at radius 3 is 2.52 bits per heavy atom. The van der Waals surface area contributed by atoms with Crippen LogP contribution in [0.25, 0.3) is 0 Å². The molecule has 0 fully saturated rings. The molecule has 6 nitrogen and oxygen atoms in total. The number of carbonyl (C=O) groups is 1. The van der Waals surface area contributed by atoms with Crippen LogP contribution in [0.4, 0.5) is 0 Å². The number of carbonyl (C=O) groups excluding carboxylic acids is 1. The molecule has 0 aromatic heterocycles. The van der Waals surface area contributed by atoms with Crippen molar-refractivity contribution in [3.63, 3.8) is 0 Å². The third kappa shape index (κ3) is 6.02. The average Bonchev–Trinajstić information content (AvgIpc) is 2.65. The lowest BCUT2D eigenvalue weighted by molar-refractivity contribution is -0.118. The molecule has 0 aliphatic rings. The molecule has 1 N–H and O–H groups in total. The van der Waals surface area contributed by atoms with Gasteiger partial charge in [-0.05, 0) is 43.2 Å². The van der Waals surface area contributed by atoms with Crippen LogP contribution in [0.5, 0.6) is 17.2 Å². The van der Waals surface area contributed by atoms with Gasteiger partial charge in [-0.25, -0.2) is 5.43 Å². The molecular weight excluding hydrogens is 344 g/mol. The van der Waals surface area contributed by atoms with Gasteiger partial charge in [0.05, 0.1) is 26.5 Å². The minimum Gasteiger partial charge on any atom is -0.493 e. The summed E-state index contributed by atoms with van der Waals surface area (Å²) < 4.78 is 17.1. The van der Waals surface area contributed by atoms with Crippen LogP contribution >= 0.6 is 0 Å². The summed E-state index contributed by atoms with van der Waals surface area (Å²) in [5.74, 6) is 1.86. The van der Waals surface area contributed by atoms with E-state index in [4.69, 9.17) is 14.2 Å². The zero-order chi connectivity index (χ0) is 19.6. The van der Waals surface area contributed by atoms with Crippen molar-refractivity contribution in [2.75, 3.05) is 20.3 Å². The Morgan fingerprint density at radius 1 is 1.07 bits per heavy atom. The van der Waals surface area contributed by atoms with Crippen LogP contribution in [0.15, 0.2) is 41.5 Å². The van der Waals surface area contributed by atoms with Crippen molar-refractivity contribution < 1.29 is 19.0 Å². The maximum Gasteiger partial charge on any atom is 0.236 e. The third-order valence-electron chi connectivity index (χ3n) is 4.00. The minimum atomic E-state index is -0.236. The number of para-hydroxylation sites is 1. The molecular formula is C21H26N2O4. The highest BCUT2D eigenvalue weighted by molar-refractivity contribution is 5.86. The smallest absolute Gasteiger partial charge is 0.236 e. The molecule has 0 spiro atoms. The highest BCUT2D eigenvalue weighted by Gasteiger charge is 2.09. The second-order valence-electron chi connectivity index (χ2n) is 6.05. The predicted molar refractivity (Wildman–Crippen MR) is 106 cm³/mol. The predicted octanol–water partition coefficient (Wildman–Crippen LogP) is 3.63. The highest BCUT2D eigenvalue weighted by atomic mass is 16.5. The van der Waals surface area contributed by atoms with Gasteiger partial charge in [-0.2, -0.15) is 5.10 Å². The number of ether oxygens (including phenoxy) is 3. The van der Waals surface area contributed by atoms with E-state index in [2.05, 4.69) is 30.4 Å². The number of amides is 1. The molecule has 0 heterocycles. The summed E-state index contributed by atoms with van der Waals surface area (Å²) in [6.45, 7) is 6.53. The molecule has 1 amide bonds. The van der Waals surface area contributed by atoms with Crippen LogP contribution in [-0.2, 0) is 4.79 Å². The Labute approximate surface area is 160 Å². The lowest BCUT2D eigenvalue weighted by Gasteiger charge is -2.14. The van der Waals surface area contributed by atoms with Gasteiger partial charge in [-0.1, -0.05) is 18.2 Å². The summed E-state index contributed by atoms with van der Waals surface area (Å²) in [4.78, 5) is 11.0. The van der Waals surface area contributed by atoms with Gasteiger partial charge >= 0.3 is 0 Å². The number of nitrogens with one attached hydrogen (secondary N) is 1. The van der Waals surface area contributed by atoms with E-state index in [9.17, 15) is 4.79 Å². The van der Waals surface area contributed by atoms with Gasteiger partial charge < -0.3 is 14.2 Å². The molecule has 0 unspecified atom stereocenters. The minimum absolute atomic E-state index is 0.236. The molecule has 0 aliphatic carbocycles. The third-order valence-corrected chi connectivity index (χ3v) is 4.00. The summed E-state index contributed by atoms with van der Waals surface area (Å²) >= 11 is 0. The fourth-order valence-corrected chi connectivity index (χ4v) is 2.44. The molecule has 2 aromatic carbocycles. The first-order chi connectivity index (χ1) is 13.0. The zero-order valence-corrected chi connectivity index (χ0v) is 16.2. The summed E-state index contributed by atoms with van der Waals surface area (Å²) in [6, 6.07) is 11.5. The Hall–Kier alpha value is -3.02. The van der Waals surface area contributed by atoms with E-state index in [0.29, 0.717) is 31.1 Å². The first-order valence-electron chi connectivity index (χ1n) is 8.81. The van der Waals surface area contributed by atoms with Gasteiger partial charge in [0.15, 0.2) is 11.5 Å². The average molecular weight is 370 g/mol. The molecule has 0 radical (unpaired) electrons. The fourth-order valence-electron chi connectivity index (χ4n) is 2.44.